The Balaban J connectivity index is 1.61. The van der Waals surface area contributed by atoms with E-state index in [1.807, 2.05) is 0 Å². The summed E-state index contributed by atoms with van der Waals surface area (Å²) in [5.41, 5.74) is 0. The fourth-order valence-corrected chi connectivity index (χ4v) is 4.38. The van der Waals surface area contributed by atoms with Crippen molar-refractivity contribution in [3.05, 3.63) is 0 Å². The molecule has 3 aliphatic carbocycles. The van der Waals surface area contributed by atoms with Crippen molar-refractivity contribution in [1.29, 1.82) is 0 Å². The second kappa shape index (κ2) is 3.70. The first kappa shape index (κ1) is 10.5. The normalized spacial score (nSPS) is 58.9. The van der Waals surface area contributed by atoms with Crippen LogP contribution in [0, 0.1) is 23.7 Å². The molecule has 0 amide bonds. The first-order chi connectivity index (χ1) is 7.16. The van der Waals surface area contributed by atoms with Crippen LogP contribution in [-0.2, 0) is 0 Å². The van der Waals surface area contributed by atoms with Crippen LogP contribution in [-0.4, -0.2) is 24.3 Å². The second-order valence-electron chi connectivity index (χ2n) is 5.83. The van der Waals surface area contributed by atoms with Gasteiger partial charge in [0.2, 0.25) is 0 Å². The van der Waals surface area contributed by atoms with Gasteiger partial charge in [0.05, 0.1) is 14.0 Å². The maximum Gasteiger partial charge on any atom is 0.0703 e. The van der Waals surface area contributed by atoms with Gasteiger partial charge in [0.25, 0.3) is 0 Å². The van der Waals surface area contributed by atoms with Gasteiger partial charge in [0, 0.05) is 5.25 Å². The predicted molar refractivity (Wildman–Crippen MR) is 65.3 cm³/mol. The summed E-state index contributed by atoms with van der Waals surface area (Å²) in [5, 5.41) is 10.00. The van der Waals surface area contributed by atoms with Crippen LogP contribution in [0.4, 0.5) is 0 Å². The fraction of sp³-hybridized carbons (Fsp3) is 1.00. The second-order valence-corrected chi connectivity index (χ2v) is 6.50. The lowest BCUT2D eigenvalue weighted by molar-refractivity contribution is -0.0579. The lowest BCUT2D eigenvalue weighted by Crippen LogP contribution is -2.51. The predicted octanol–water partition coefficient (Wildman–Crippen LogP) is 2.06. The standard InChI is InChI=1S/C12H19BOS/c13-10-5-9(8-1-2-11(8)15)12(10)6-3-7(14)4-6/h6-12,14-15H,1-5H2/t6?,7?,8-,9+,10?,11?,12?/m0/s1. The molecule has 3 aliphatic rings. The maximum atomic E-state index is 9.37. The minimum Gasteiger partial charge on any atom is -0.393 e. The number of hydrogen-bond donors (Lipinski definition) is 2. The number of aliphatic hydroxyl groups excluding tert-OH is 1. The average molecular weight is 222 g/mol. The zero-order chi connectivity index (χ0) is 10.6. The number of hydrogen-bond acceptors (Lipinski definition) is 2. The van der Waals surface area contributed by atoms with Crippen LogP contribution in [0.1, 0.15) is 32.1 Å². The average Bonchev–Trinajstić information content (AvgIpc) is 2.12. The smallest absolute Gasteiger partial charge is 0.0703 e. The van der Waals surface area contributed by atoms with Gasteiger partial charge in [-0.05, 0) is 49.4 Å². The zero-order valence-corrected chi connectivity index (χ0v) is 9.94. The molecule has 2 radical (unpaired) electrons. The molecule has 0 bridgehead atoms. The van der Waals surface area contributed by atoms with Crippen molar-refractivity contribution in [3.63, 3.8) is 0 Å². The topological polar surface area (TPSA) is 20.2 Å². The lowest BCUT2D eigenvalue weighted by atomic mass is 9.45. The Morgan fingerprint density at radius 2 is 1.80 bits per heavy atom. The molecule has 0 heterocycles. The number of rotatable bonds is 2. The zero-order valence-electron chi connectivity index (χ0n) is 9.05. The van der Waals surface area contributed by atoms with Crippen molar-refractivity contribution >= 4 is 20.5 Å². The van der Waals surface area contributed by atoms with E-state index in [4.69, 9.17) is 7.85 Å². The van der Waals surface area contributed by atoms with Gasteiger partial charge < -0.3 is 5.11 Å². The van der Waals surface area contributed by atoms with E-state index in [1.54, 1.807) is 0 Å². The van der Waals surface area contributed by atoms with Crippen LogP contribution in [0.15, 0.2) is 0 Å². The molecule has 3 saturated carbocycles. The van der Waals surface area contributed by atoms with Crippen molar-refractivity contribution < 1.29 is 5.11 Å². The van der Waals surface area contributed by atoms with E-state index < -0.39 is 0 Å². The van der Waals surface area contributed by atoms with E-state index in [-0.39, 0.29) is 6.10 Å². The summed E-state index contributed by atoms with van der Waals surface area (Å²) in [7, 11) is 6.12. The van der Waals surface area contributed by atoms with Crippen molar-refractivity contribution in [3.8, 4) is 0 Å². The van der Waals surface area contributed by atoms with Gasteiger partial charge in [0.1, 0.15) is 0 Å². The van der Waals surface area contributed by atoms with Crippen LogP contribution in [0.25, 0.3) is 0 Å². The molecule has 15 heavy (non-hydrogen) atoms. The summed E-state index contributed by atoms with van der Waals surface area (Å²) in [6.07, 6.45) is 5.82. The summed E-state index contributed by atoms with van der Waals surface area (Å²) in [6, 6.07) is 0. The molecule has 1 nitrogen and oxygen atoms in total. The van der Waals surface area contributed by atoms with E-state index in [9.17, 15) is 5.11 Å². The van der Waals surface area contributed by atoms with Gasteiger partial charge in [-0.1, -0.05) is 12.2 Å². The fourth-order valence-electron chi connectivity index (χ4n) is 3.86. The van der Waals surface area contributed by atoms with Gasteiger partial charge >= 0.3 is 0 Å². The summed E-state index contributed by atoms with van der Waals surface area (Å²) in [5.74, 6) is 3.49. The molecule has 0 spiro atoms. The number of thiol groups is 1. The number of aliphatic hydroxyl groups is 1. The molecule has 3 heteroatoms. The van der Waals surface area contributed by atoms with Crippen LogP contribution < -0.4 is 0 Å². The van der Waals surface area contributed by atoms with Gasteiger partial charge in [-0.3, -0.25) is 0 Å². The van der Waals surface area contributed by atoms with Crippen LogP contribution in [0.2, 0.25) is 5.82 Å². The van der Waals surface area contributed by atoms with E-state index in [0.717, 1.165) is 30.6 Å². The highest BCUT2D eigenvalue weighted by Crippen LogP contribution is 2.59. The maximum absolute atomic E-state index is 9.37. The SMILES string of the molecule is [B]C1C[C@H]([C@@H]2CCC2S)C1C1CC(O)C1. The monoisotopic (exact) mass is 222 g/mol. The molecule has 0 aromatic heterocycles. The van der Waals surface area contributed by atoms with Crippen molar-refractivity contribution in [1.82, 2.24) is 0 Å². The highest BCUT2D eigenvalue weighted by molar-refractivity contribution is 7.81. The largest absolute Gasteiger partial charge is 0.393 e. The molecule has 0 aromatic rings. The van der Waals surface area contributed by atoms with Gasteiger partial charge in [-0.25, -0.2) is 0 Å². The molecule has 3 unspecified atom stereocenters. The first-order valence-electron chi connectivity index (χ1n) is 6.28. The third-order valence-electron chi connectivity index (χ3n) is 5.07. The molecule has 82 valence electrons. The lowest BCUT2D eigenvalue weighted by Gasteiger charge is -2.58. The molecule has 5 atom stereocenters. The molecule has 0 saturated heterocycles. The summed E-state index contributed by atoms with van der Waals surface area (Å²) in [6.45, 7) is 0. The van der Waals surface area contributed by atoms with Crippen LogP contribution in [0.5, 0.6) is 0 Å². The van der Waals surface area contributed by atoms with Crippen molar-refractivity contribution in [2.45, 2.75) is 49.3 Å². The van der Waals surface area contributed by atoms with Crippen LogP contribution in [0.3, 0.4) is 0 Å². The minimum absolute atomic E-state index is 0.0309. The first-order valence-corrected chi connectivity index (χ1v) is 6.80. The molecular formula is C12H19BOS. The quantitative estimate of drug-likeness (QED) is 0.541. The molecule has 3 fully saturated rings. The van der Waals surface area contributed by atoms with E-state index in [0.29, 0.717) is 17.0 Å². The van der Waals surface area contributed by atoms with E-state index >= 15 is 0 Å². The Kier molecular flexibility index (Phi) is 2.59. The summed E-state index contributed by atoms with van der Waals surface area (Å²) in [4.78, 5) is 0. The molecule has 1 N–H and O–H groups in total. The highest BCUT2D eigenvalue weighted by atomic mass is 32.1. The third kappa shape index (κ3) is 1.58. The highest BCUT2D eigenvalue weighted by Gasteiger charge is 2.51. The Bertz CT molecular complexity index is 254. The summed E-state index contributed by atoms with van der Waals surface area (Å²) >= 11 is 4.62. The molecule has 0 aliphatic heterocycles. The Hall–Kier alpha value is 0.375. The van der Waals surface area contributed by atoms with Crippen molar-refractivity contribution in [2.24, 2.45) is 23.7 Å². The minimum atomic E-state index is -0.0309. The Labute approximate surface area is 98.8 Å². The summed E-state index contributed by atoms with van der Waals surface area (Å²) < 4.78 is 0. The van der Waals surface area contributed by atoms with E-state index in [1.165, 1.54) is 19.3 Å². The molecular weight excluding hydrogens is 203 g/mol. The third-order valence-corrected chi connectivity index (χ3v) is 5.71. The van der Waals surface area contributed by atoms with Crippen LogP contribution >= 0.6 is 12.6 Å². The Morgan fingerprint density at radius 3 is 2.20 bits per heavy atom. The van der Waals surface area contributed by atoms with Gasteiger partial charge in [-0.2, -0.15) is 12.6 Å². The van der Waals surface area contributed by atoms with Gasteiger partial charge in [-0.15, -0.1) is 0 Å². The van der Waals surface area contributed by atoms with E-state index in [2.05, 4.69) is 12.6 Å². The van der Waals surface area contributed by atoms with Gasteiger partial charge in [0.15, 0.2) is 0 Å². The van der Waals surface area contributed by atoms with Crippen molar-refractivity contribution in [2.75, 3.05) is 0 Å². The molecule has 3 rings (SSSR count). The molecule has 0 aromatic carbocycles. The Morgan fingerprint density at radius 1 is 1.07 bits per heavy atom.